The molecule has 4 heteroatoms. The fraction of sp³-hybridized carbons (Fsp3) is 0.562. The van der Waals surface area contributed by atoms with Gasteiger partial charge in [-0.2, -0.15) is 0 Å². The van der Waals surface area contributed by atoms with Gasteiger partial charge < -0.3 is 15.8 Å². The zero-order chi connectivity index (χ0) is 14.9. The molecule has 0 radical (unpaired) electrons. The van der Waals surface area contributed by atoms with Crippen molar-refractivity contribution < 1.29 is 9.53 Å². The molecular weight excluding hydrogens is 252 g/mol. The highest BCUT2D eigenvalue weighted by Crippen LogP contribution is 2.42. The first-order valence-corrected chi connectivity index (χ1v) is 7.14. The van der Waals surface area contributed by atoms with Crippen molar-refractivity contribution in [1.29, 1.82) is 0 Å². The van der Waals surface area contributed by atoms with Gasteiger partial charge in [-0.1, -0.05) is 13.8 Å². The lowest BCUT2D eigenvalue weighted by molar-refractivity contribution is -0.111. The first-order valence-electron chi connectivity index (χ1n) is 7.14. The van der Waals surface area contributed by atoms with Crippen molar-refractivity contribution in [2.45, 2.75) is 46.3 Å². The van der Waals surface area contributed by atoms with Gasteiger partial charge in [-0.15, -0.1) is 0 Å². The van der Waals surface area contributed by atoms with E-state index in [4.69, 9.17) is 10.5 Å². The third-order valence-corrected chi connectivity index (χ3v) is 4.38. The van der Waals surface area contributed by atoms with E-state index < -0.39 is 0 Å². The molecular formula is C16H24N2O2. The molecule has 1 saturated carbocycles. The number of carbonyl (C=O) groups is 1. The normalized spacial score (nSPS) is 24.0. The molecule has 0 aliphatic heterocycles. The van der Waals surface area contributed by atoms with E-state index in [1.807, 2.05) is 19.9 Å². The van der Waals surface area contributed by atoms with Crippen LogP contribution in [-0.2, 0) is 4.74 Å². The number of benzene rings is 1. The Hall–Kier alpha value is -1.55. The van der Waals surface area contributed by atoms with Crippen molar-refractivity contribution in [3.8, 4) is 0 Å². The molecule has 0 saturated heterocycles. The fourth-order valence-corrected chi connectivity index (χ4v) is 2.67. The van der Waals surface area contributed by atoms with Crippen molar-refractivity contribution >= 4 is 11.6 Å². The van der Waals surface area contributed by atoms with Crippen LogP contribution in [0.2, 0.25) is 0 Å². The summed E-state index contributed by atoms with van der Waals surface area (Å²) in [4.78, 5) is 12.3. The highest BCUT2D eigenvalue weighted by atomic mass is 16.5. The number of nitrogens with one attached hydrogen (secondary N) is 1. The third-order valence-electron chi connectivity index (χ3n) is 4.38. The number of hydrogen-bond donors (Lipinski definition) is 2. The van der Waals surface area contributed by atoms with Crippen LogP contribution in [-0.4, -0.2) is 24.7 Å². The molecule has 2 rings (SSSR count). The Kier molecular flexibility index (Phi) is 4.04. The summed E-state index contributed by atoms with van der Waals surface area (Å²) in [6.45, 7) is 8.89. The van der Waals surface area contributed by atoms with Gasteiger partial charge in [0.2, 0.25) is 0 Å². The standard InChI is InChI=1S/C16H24N2O2/c1-5-20-14-9-13(16(14,3)4)18-15(19)11-6-7-12(17)10(2)8-11/h6-8,13-14H,5,9,17H2,1-4H3,(H,18,19). The number of hydrogen-bond acceptors (Lipinski definition) is 3. The lowest BCUT2D eigenvalue weighted by atomic mass is 9.64. The highest BCUT2D eigenvalue weighted by Gasteiger charge is 2.49. The second kappa shape index (κ2) is 5.44. The summed E-state index contributed by atoms with van der Waals surface area (Å²) in [5.74, 6) is -0.0406. The second-order valence-electron chi connectivity index (χ2n) is 6.10. The lowest BCUT2D eigenvalue weighted by Crippen LogP contribution is -2.62. The second-order valence-corrected chi connectivity index (χ2v) is 6.10. The van der Waals surface area contributed by atoms with E-state index in [1.165, 1.54) is 0 Å². The molecule has 0 bridgehead atoms. The number of rotatable bonds is 4. The van der Waals surface area contributed by atoms with Gasteiger partial charge in [0, 0.05) is 29.3 Å². The van der Waals surface area contributed by atoms with Crippen molar-refractivity contribution in [3.05, 3.63) is 29.3 Å². The summed E-state index contributed by atoms with van der Waals surface area (Å²) in [5.41, 5.74) is 8.05. The smallest absolute Gasteiger partial charge is 0.251 e. The van der Waals surface area contributed by atoms with E-state index in [0.717, 1.165) is 12.0 Å². The van der Waals surface area contributed by atoms with Gasteiger partial charge in [-0.25, -0.2) is 0 Å². The van der Waals surface area contributed by atoms with Crippen molar-refractivity contribution in [2.75, 3.05) is 12.3 Å². The Balaban J connectivity index is 2.01. The topological polar surface area (TPSA) is 64.3 Å². The molecule has 0 spiro atoms. The molecule has 1 aromatic carbocycles. The maximum atomic E-state index is 12.3. The third kappa shape index (κ3) is 2.66. The van der Waals surface area contributed by atoms with Gasteiger partial charge >= 0.3 is 0 Å². The van der Waals surface area contributed by atoms with Crippen LogP contribution in [0.25, 0.3) is 0 Å². The van der Waals surface area contributed by atoms with Crippen LogP contribution in [0, 0.1) is 12.3 Å². The fourth-order valence-electron chi connectivity index (χ4n) is 2.67. The van der Waals surface area contributed by atoms with Crippen LogP contribution in [0.1, 0.15) is 43.1 Å². The largest absolute Gasteiger partial charge is 0.399 e. The van der Waals surface area contributed by atoms with Gasteiger partial charge in [0.05, 0.1) is 6.10 Å². The maximum Gasteiger partial charge on any atom is 0.251 e. The molecule has 1 amide bonds. The molecule has 4 nitrogen and oxygen atoms in total. The lowest BCUT2D eigenvalue weighted by Gasteiger charge is -2.51. The number of anilines is 1. The number of nitrogen functional groups attached to an aromatic ring is 1. The molecule has 2 unspecified atom stereocenters. The predicted octanol–water partition coefficient (Wildman–Crippen LogP) is 2.51. The van der Waals surface area contributed by atoms with E-state index >= 15 is 0 Å². The van der Waals surface area contributed by atoms with E-state index in [-0.39, 0.29) is 23.5 Å². The van der Waals surface area contributed by atoms with Gasteiger partial charge in [-0.3, -0.25) is 4.79 Å². The highest BCUT2D eigenvalue weighted by molar-refractivity contribution is 5.95. The Morgan fingerprint density at radius 3 is 2.75 bits per heavy atom. The predicted molar refractivity (Wildman–Crippen MR) is 80.7 cm³/mol. The number of amides is 1. The van der Waals surface area contributed by atoms with Crippen LogP contribution < -0.4 is 11.1 Å². The Bertz CT molecular complexity index is 511. The molecule has 3 N–H and O–H groups in total. The number of ether oxygens (including phenoxy) is 1. The van der Waals surface area contributed by atoms with E-state index in [1.54, 1.807) is 12.1 Å². The summed E-state index contributed by atoms with van der Waals surface area (Å²) >= 11 is 0. The van der Waals surface area contributed by atoms with Gasteiger partial charge in [0.1, 0.15) is 0 Å². The van der Waals surface area contributed by atoms with Crippen molar-refractivity contribution in [1.82, 2.24) is 5.32 Å². The number of carbonyl (C=O) groups excluding carboxylic acids is 1. The summed E-state index contributed by atoms with van der Waals surface area (Å²) in [6, 6.07) is 5.53. The molecule has 110 valence electrons. The zero-order valence-electron chi connectivity index (χ0n) is 12.7. The monoisotopic (exact) mass is 276 g/mol. The minimum atomic E-state index is -0.0406. The van der Waals surface area contributed by atoms with Crippen LogP contribution in [0.5, 0.6) is 0 Å². The van der Waals surface area contributed by atoms with Gasteiger partial charge in [0.15, 0.2) is 0 Å². The summed E-state index contributed by atoms with van der Waals surface area (Å²) in [7, 11) is 0. The van der Waals surface area contributed by atoms with E-state index in [9.17, 15) is 4.79 Å². The summed E-state index contributed by atoms with van der Waals surface area (Å²) in [5, 5.41) is 3.10. The SMILES string of the molecule is CCOC1CC(NC(=O)c2ccc(N)c(C)c2)C1(C)C. The maximum absolute atomic E-state index is 12.3. The van der Waals surface area contributed by atoms with Gasteiger partial charge in [-0.05, 0) is 44.0 Å². The molecule has 1 aliphatic carbocycles. The number of aryl methyl sites for hydroxylation is 1. The molecule has 20 heavy (non-hydrogen) atoms. The summed E-state index contributed by atoms with van der Waals surface area (Å²) < 4.78 is 5.68. The Morgan fingerprint density at radius 1 is 1.50 bits per heavy atom. The zero-order valence-corrected chi connectivity index (χ0v) is 12.7. The van der Waals surface area contributed by atoms with Gasteiger partial charge in [0.25, 0.3) is 5.91 Å². The molecule has 1 aliphatic rings. The van der Waals surface area contributed by atoms with E-state index in [0.29, 0.717) is 17.9 Å². The first-order chi connectivity index (χ1) is 9.36. The van der Waals surface area contributed by atoms with E-state index in [2.05, 4.69) is 19.2 Å². The molecule has 1 fully saturated rings. The van der Waals surface area contributed by atoms with Crippen LogP contribution in [0.15, 0.2) is 18.2 Å². The van der Waals surface area contributed by atoms with Crippen molar-refractivity contribution in [2.24, 2.45) is 5.41 Å². The molecule has 0 heterocycles. The molecule has 1 aromatic rings. The Morgan fingerprint density at radius 2 is 2.20 bits per heavy atom. The minimum absolute atomic E-state index is 0.0193. The average Bonchev–Trinajstić information content (AvgIpc) is 2.40. The first kappa shape index (κ1) is 14.9. The Labute approximate surface area is 120 Å². The molecule has 2 atom stereocenters. The van der Waals surface area contributed by atoms with Crippen LogP contribution >= 0.6 is 0 Å². The van der Waals surface area contributed by atoms with Crippen molar-refractivity contribution in [3.63, 3.8) is 0 Å². The number of nitrogens with two attached hydrogens (primary N) is 1. The quantitative estimate of drug-likeness (QED) is 0.831. The van der Waals surface area contributed by atoms with Crippen LogP contribution in [0.3, 0.4) is 0 Å². The average molecular weight is 276 g/mol. The molecule has 0 aromatic heterocycles. The summed E-state index contributed by atoms with van der Waals surface area (Å²) in [6.07, 6.45) is 1.10. The minimum Gasteiger partial charge on any atom is -0.399 e. The van der Waals surface area contributed by atoms with Crippen LogP contribution in [0.4, 0.5) is 5.69 Å².